The molecule has 0 unspecified atom stereocenters. The number of hydrogen-bond acceptors (Lipinski definition) is 2. The topological polar surface area (TPSA) is 53.0 Å². The molecule has 1 saturated carbocycles. The summed E-state index contributed by atoms with van der Waals surface area (Å²) in [6, 6.07) is 13.1. The summed E-state index contributed by atoms with van der Waals surface area (Å²) in [6.07, 6.45) is 4.92. The van der Waals surface area contributed by atoms with Gasteiger partial charge < -0.3 is 14.7 Å². The molecule has 1 aliphatic heterocycles. The van der Waals surface area contributed by atoms with Crippen LogP contribution in [-0.4, -0.2) is 55.6 Å². The SMILES string of the molecule is C[C@H](C(=O)N(C)C1(C#N)CCCCC1)[NH+]1CC[NH+](Cc2ccccc2)CC1. The van der Waals surface area contributed by atoms with E-state index in [1.165, 1.54) is 16.9 Å². The first-order valence-corrected chi connectivity index (χ1v) is 10.5. The molecule has 146 valence electrons. The molecule has 1 heterocycles. The Bertz CT molecular complexity index is 655. The quantitative estimate of drug-likeness (QED) is 0.769. The van der Waals surface area contributed by atoms with Gasteiger partial charge >= 0.3 is 0 Å². The van der Waals surface area contributed by atoms with Crippen LogP contribution < -0.4 is 9.80 Å². The Morgan fingerprint density at radius 1 is 1.15 bits per heavy atom. The second-order valence-corrected chi connectivity index (χ2v) is 8.39. The number of quaternary nitrogens is 2. The molecule has 1 saturated heterocycles. The van der Waals surface area contributed by atoms with Gasteiger partial charge in [0.15, 0.2) is 6.04 Å². The molecule has 1 aromatic carbocycles. The zero-order chi connectivity index (χ0) is 19.3. The number of benzene rings is 1. The van der Waals surface area contributed by atoms with Gasteiger partial charge in [-0.25, -0.2) is 0 Å². The van der Waals surface area contributed by atoms with Crippen LogP contribution in [0.25, 0.3) is 0 Å². The lowest BCUT2D eigenvalue weighted by Crippen LogP contribution is -3.29. The standard InChI is InChI=1S/C22H32N4O/c1-19(21(27)24(2)22(18-23)11-7-4-8-12-22)26-15-13-25(14-16-26)17-20-9-5-3-6-10-20/h3,5-6,9-10,19H,4,7-8,11-17H2,1-2H3/p+2/t19-/m1/s1. The summed E-state index contributed by atoms with van der Waals surface area (Å²) in [5, 5.41) is 9.77. The predicted octanol–water partition coefficient (Wildman–Crippen LogP) is 0.0434. The molecule has 0 radical (unpaired) electrons. The lowest BCUT2D eigenvalue weighted by Gasteiger charge is -2.41. The van der Waals surface area contributed by atoms with Crippen molar-refractivity contribution < 1.29 is 14.6 Å². The fourth-order valence-electron chi connectivity index (χ4n) is 4.75. The fourth-order valence-corrected chi connectivity index (χ4v) is 4.75. The normalized spacial score (nSPS) is 26.0. The number of nitrogens with one attached hydrogen (secondary N) is 2. The maximum absolute atomic E-state index is 13.1. The number of carbonyl (C=O) groups is 1. The number of likely N-dealkylation sites (N-methyl/N-ethyl adjacent to an activating group) is 1. The van der Waals surface area contributed by atoms with E-state index in [1.807, 2.05) is 14.0 Å². The first-order valence-electron chi connectivity index (χ1n) is 10.5. The van der Waals surface area contributed by atoms with E-state index >= 15 is 0 Å². The molecule has 5 heteroatoms. The van der Waals surface area contributed by atoms with E-state index in [4.69, 9.17) is 0 Å². The van der Waals surface area contributed by atoms with Crippen molar-refractivity contribution in [1.29, 1.82) is 5.26 Å². The molecule has 3 rings (SSSR count). The van der Waals surface area contributed by atoms with Gasteiger partial charge in [0.05, 0.1) is 6.07 Å². The summed E-state index contributed by atoms with van der Waals surface area (Å²) in [6.45, 7) is 7.33. The first-order chi connectivity index (χ1) is 13.1. The Hall–Kier alpha value is -1.90. The Morgan fingerprint density at radius 3 is 2.37 bits per heavy atom. The third kappa shape index (κ3) is 4.51. The van der Waals surface area contributed by atoms with Gasteiger partial charge in [-0.1, -0.05) is 49.6 Å². The summed E-state index contributed by atoms with van der Waals surface area (Å²) >= 11 is 0. The zero-order valence-corrected chi connectivity index (χ0v) is 16.8. The molecule has 2 fully saturated rings. The van der Waals surface area contributed by atoms with Crippen LogP contribution in [0, 0.1) is 11.3 Å². The number of hydrogen-bond donors (Lipinski definition) is 2. The average Bonchev–Trinajstić information content (AvgIpc) is 2.74. The van der Waals surface area contributed by atoms with E-state index in [0.717, 1.165) is 58.4 Å². The number of carbonyl (C=O) groups excluding carboxylic acids is 1. The van der Waals surface area contributed by atoms with Crippen molar-refractivity contribution in [1.82, 2.24) is 4.90 Å². The minimum atomic E-state index is -0.580. The molecular formula is C22H34N4O+2. The van der Waals surface area contributed by atoms with Gasteiger partial charge in [0, 0.05) is 12.6 Å². The van der Waals surface area contributed by atoms with Gasteiger partial charge in [0.2, 0.25) is 0 Å². The molecule has 5 nitrogen and oxygen atoms in total. The lowest BCUT2D eigenvalue weighted by molar-refractivity contribution is -1.02. The van der Waals surface area contributed by atoms with Crippen LogP contribution in [0.5, 0.6) is 0 Å². The highest BCUT2D eigenvalue weighted by atomic mass is 16.2. The van der Waals surface area contributed by atoms with Crippen molar-refractivity contribution in [3.05, 3.63) is 35.9 Å². The van der Waals surface area contributed by atoms with Crippen molar-refractivity contribution in [2.24, 2.45) is 0 Å². The van der Waals surface area contributed by atoms with Crippen LogP contribution in [0.4, 0.5) is 0 Å². The summed E-state index contributed by atoms with van der Waals surface area (Å²) in [4.78, 5) is 17.9. The van der Waals surface area contributed by atoms with Crippen LogP contribution >= 0.6 is 0 Å². The van der Waals surface area contributed by atoms with E-state index in [9.17, 15) is 10.1 Å². The molecule has 1 aromatic rings. The lowest BCUT2D eigenvalue weighted by atomic mass is 9.81. The summed E-state index contributed by atoms with van der Waals surface area (Å²) in [5.74, 6) is 0.139. The van der Waals surface area contributed by atoms with Crippen molar-refractivity contribution in [3.8, 4) is 6.07 Å². The van der Waals surface area contributed by atoms with Crippen molar-refractivity contribution in [3.63, 3.8) is 0 Å². The Morgan fingerprint density at radius 2 is 1.78 bits per heavy atom. The minimum absolute atomic E-state index is 0.0690. The number of nitrogens with zero attached hydrogens (tertiary/aromatic N) is 2. The van der Waals surface area contributed by atoms with Crippen molar-refractivity contribution in [2.45, 2.75) is 57.2 Å². The smallest absolute Gasteiger partial charge is 0.281 e. The van der Waals surface area contributed by atoms with Gasteiger partial charge in [-0.05, 0) is 19.8 Å². The third-order valence-electron chi connectivity index (χ3n) is 6.74. The van der Waals surface area contributed by atoms with E-state index in [0.29, 0.717) is 0 Å². The second-order valence-electron chi connectivity index (χ2n) is 8.39. The molecule has 2 N–H and O–H groups in total. The molecular weight excluding hydrogens is 336 g/mol. The molecule has 2 aliphatic rings. The molecule has 0 aromatic heterocycles. The van der Waals surface area contributed by atoms with Gasteiger partial charge in [-0.2, -0.15) is 5.26 Å². The Kier molecular flexibility index (Phi) is 6.51. The van der Waals surface area contributed by atoms with Crippen LogP contribution in [0.2, 0.25) is 0 Å². The molecule has 1 aliphatic carbocycles. The summed E-state index contributed by atoms with van der Waals surface area (Å²) < 4.78 is 0. The van der Waals surface area contributed by atoms with E-state index < -0.39 is 5.54 Å². The Labute approximate surface area is 163 Å². The van der Waals surface area contributed by atoms with Gasteiger partial charge in [0.25, 0.3) is 5.91 Å². The van der Waals surface area contributed by atoms with Crippen LogP contribution in [0.1, 0.15) is 44.6 Å². The van der Waals surface area contributed by atoms with E-state index in [2.05, 4.69) is 36.4 Å². The Balaban J connectivity index is 1.54. The van der Waals surface area contributed by atoms with Gasteiger partial charge in [-0.15, -0.1) is 0 Å². The van der Waals surface area contributed by atoms with Crippen LogP contribution in [0.15, 0.2) is 30.3 Å². The fraction of sp³-hybridized carbons (Fsp3) is 0.636. The highest BCUT2D eigenvalue weighted by Gasteiger charge is 2.42. The first kappa shape index (κ1) is 19.9. The molecule has 0 spiro atoms. The average molecular weight is 371 g/mol. The van der Waals surface area contributed by atoms with Crippen LogP contribution in [0.3, 0.4) is 0 Å². The third-order valence-corrected chi connectivity index (χ3v) is 6.74. The van der Waals surface area contributed by atoms with E-state index in [-0.39, 0.29) is 11.9 Å². The molecule has 1 amide bonds. The predicted molar refractivity (Wildman–Crippen MR) is 105 cm³/mol. The molecule has 27 heavy (non-hydrogen) atoms. The number of nitriles is 1. The summed E-state index contributed by atoms with van der Waals surface area (Å²) in [7, 11) is 1.85. The highest BCUT2D eigenvalue weighted by molar-refractivity contribution is 5.81. The highest BCUT2D eigenvalue weighted by Crippen LogP contribution is 2.32. The molecule has 1 atom stereocenters. The largest absolute Gasteiger partial charge is 0.322 e. The van der Waals surface area contributed by atoms with Crippen molar-refractivity contribution >= 4 is 5.91 Å². The number of amides is 1. The number of piperazine rings is 1. The maximum Gasteiger partial charge on any atom is 0.281 e. The maximum atomic E-state index is 13.1. The van der Waals surface area contributed by atoms with Crippen LogP contribution in [-0.2, 0) is 11.3 Å². The molecule has 0 bridgehead atoms. The minimum Gasteiger partial charge on any atom is -0.322 e. The van der Waals surface area contributed by atoms with Crippen molar-refractivity contribution in [2.75, 3.05) is 33.2 Å². The van der Waals surface area contributed by atoms with Gasteiger partial charge in [0.1, 0.15) is 38.3 Å². The number of rotatable bonds is 5. The van der Waals surface area contributed by atoms with Gasteiger partial charge in [-0.3, -0.25) is 4.79 Å². The second kappa shape index (κ2) is 8.86. The monoisotopic (exact) mass is 370 g/mol. The summed E-state index contributed by atoms with van der Waals surface area (Å²) in [5.41, 5.74) is 0.803. The zero-order valence-electron chi connectivity index (χ0n) is 16.8. The van der Waals surface area contributed by atoms with E-state index in [1.54, 1.807) is 9.80 Å².